The number of carbonyl (C=O) groups excluding carboxylic acids is 1. The first kappa shape index (κ1) is 26.6. The van der Waals surface area contributed by atoms with E-state index in [-0.39, 0.29) is 24.5 Å². The molecule has 2 aromatic rings. The number of hydrogen-bond acceptors (Lipinski definition) is 5. The molecule has 4 aliphatic rings. The smallest absolute Gasteiger partial charge is 0.379 e. The van der Waals surface area contributed by atoms with Crippen LogP contribution in [-0.2, 0) is 33.4 Å². The summed E-state index contributed by atoms with van der Waals surface area (Å²) >= 11 is 0. The lowest BCUT2D eigenvalue weighted by Gasteiger charge is -2.37. The van der Waals surface area contributed by atoms with Gasteiger partial charge in [0.25, 0.3) is 0 Å². The summed E-state index contributed by atoms with van der Waals surface area (Å²) in [6.45, 7) is 3.49. The zero-order valence-electron chi connectivity index (χ0n) is 22.3. The Bertz CT molecular complexity index is 1190. The van der Waals surface area contributed by atoms with Crippen molar-refractivity contribution in [3.63, 3.8) is 0 Å². The van der Waals surface area contributed by atoms with Crippen molar-refractivity contribution in [2.24, 2.45) is 23.2 Å². The highest BCUT2D eigenvalue weighted by Gasteiger charge is 2.59. The number of pyridine rings is 1. The van der Waals surface area contributed by atoms with Crippen LogP contribution in [0.1, 0.15) is 42.5 Å². The van der Waals surface area contributed by atoms with Crippen molar-refractivity contribution in [2.45, 2.75) is 50.9 Å². The summed E-state index contributed by atoms with van der Waals surface area (Å²) in [7, 11) is 1.74. The van der Waals surface area contributed by atoms with Crippen molar-refractivity contribution in [3.05, 3.63) is 59.4 Å². The van der Waals surface area contributed by atoms with Gasteiger partial charge in [0.1, 0.15) is 0 Å². The fraction of sp³-hybridized carbons (Fsp3) is 0.600. The summed E-state index contributed by atoms with van der Waals surface area (Å²) in [4.78, 5) is 22.7. The zero-order valence-corrected chi connectivity index (χ0v) is 22.3. The van der Waals surface area contributed by atoms with E-state index >= 15 is 0 Å². The third-order valence-electron chi connectivity index (χ3n) is 9.55. The maximum absolute atomic E-state index is 14.4. The van der Waals surface area contributed by atoms with E-state index in [1.54, 1.807) is 12.0 Å². The van der Waals surface area contributed by atoms with Crippen LogP contribution in [-0.4, -0.2) is 61.9 Å². The summed E-state index contributed by atoms with van der Waals surface area (Å²) < 4.78 is 51.5. The second kappa shape index (κ2) is 10.4. The molecule has 6 rings (SSSR count). The molecule has 4 heterocycles. The monoisotopic (exact) mass is 543 g/mol. The van der Waals surface area contributed by atoms with E-state index in [1.165, 1.54) is 6.07 Å². The topological polar surface area (TPSA) is 54.9 Å². The largest absolute Gasteiger partial charge is 0.417 e. The number of nitrogens with zero attached hydrogens (tertiary/aromatic N) is 3. The summed E-state index contributed by atoms with van der Waals surface area (Å²) in [5.74, 6) is 1.12. The number of para-hydroxylation sites is 1. The third kappa shape index (κ3) is 5.04. The van der Waals surface area contributed by atoms with Crippen LogP contribution in [0.4, 0.5) is 18.9 Å². The highest BCUT2D eigenvalue weighted by Crippen LogP contribution is 2.55. The number of alkyl halides is 3. The maximum atomic E-state index is 14.4. The van der Waals surface area contributed by atoms with Gasteiger partial charge in [0.15, 0.2) is 0 Å². The van der Waals surface area contributed by atoms with Crippen LogP contribution < -0.4 is 4.90 Å². The molecule has 0 spiro atoms. The van der Waals surface area contributed by atoms with Gasteiger partial charge in [0.05, 0.1) is 23.7 Å². The van der Waals surface area contributed by atoms with Crippen molar-refractivity contribution in [3.8, 4) is 0 Å². The Labute approximate surface area is 227 Å². The van der Waals surface area contributed by atoms with Crippen LogP contribution in [0.15, 0.2) is 42.6 Å². The van der Waals surface area contributed by atoms with Crippen LogP contribution in [0, 0.1) is 23.2 Å². The molecule has 1 amide bonds. The Hall–Kier alpha value is -2.65. The van der Waals surface area contributed by atoms with Gasteiger partial charge in [-0.05, 0) is 67.2 Å². The summed E-state index contributed by atoms with van der Waals surface area (Å²) in [6, 6.07) is 11.4. The fourth-order valence-electron chi connectivity index (χ4n) is 7.64. The molecular weight excluding hydrogens is 507 g/mol. The maximum Gasteiger partial charge on any atom is 0.417 e. The van der Waals surface area contributed by atoms with Gasteiger partial charge in [-0.3, -0.25) is 9.78 Å². The van der Waals surface area contributed by atoms with Crippen LogP contribution >= 0.6 is 0 Å². The number of aromatic nitrogens is 1. The van der Waals surface area contributed by atoms with Gasteiger partial charge in [-0.15, -0.1) is 0 Å². The van der Waals surface area contributed by atoms with Gasteiger partial charge < -0.3 is 19.3 Å². The predicted molar refractivity (Wildman–Crippen MR) is 140 cm³/mol. The van der Waals surface area contributed by atoms with Gasteiger partial charge in [-0.1, -0.05) is 18.2 Å². The minimum Gasteiger partial charge on any atom is -0.379 e. The van der Waals surface area contributed by atoms with E-state index in [0.29, 0.717) is 49.2 Å². The molecule has 0 radical (unpaired) electrons. The summed E-state index contributed by atoms with van der Waals surface area (Å²) in [5.41, 5.74) is 0.985. The van der Waals surface area contributed by atoms with Crippen molar-refractivity contribution < 1.29 is 27.4 Å². The van der Waals surface area contributed by atoms with E-state index < -0.39 is 17.2 Å². The van der Waals surface area contributed by atoms with Crippen molar-refractivity contribution in [2.75, 3.05) is 44.9 Å². The molecule has 3 aliphatic heterocycles. The average molecular weight is 544 g/mol. The van der Waals surface area contributed by atoms with E-state index in [4.69, 9.17) is 9.47 Å². The number of ether oxygens (including phenoxy) is 2. The van der Waals surface area contributed by atoms with E-state index in [0.717, 1.165) is 50.7 Å². The van der Waals surface area contributed by atoms with Gasteiger partial charge in [0, 0.05) is 63.9 Å². The Morgan fingerprint density at radius 3 is 2.85 bits per heavy atom. The molecule has 2 unspecified atom stereocenters. The van der Waals surface area contributed by atoms with Gasteiger partial charge in [-0.25, -0.2) is 0 Å². The minimum atomic E-state index is -4.46. The van der Waals surface area contributed by atoms with Gasteiger partial charge in [-0.2, -0.15) is 13.2 Å². The van der Waals surface area contributed by atoms with E-state index in [2.05, 4.69) is 22.0 Å². The normalized spacial score (nSPS) is 30.8. The molecule has 0 N–H and O–H groups in total. The Morgan fingerprint density at radius 2 is 2.08 bits per heavy atom. The number of rotatable bonds is 5. The number of benzene rings is 1. The first-order valence-corrected chi connectivity index (χ1v) is 14.0. The molecule has 5 atom stereocenters. The number of methoxy groups -OCH3 is 1. The summed E-state index contributed by atoms with van der Waals surface area (Å²) in [6.07, 6.45) is 0.775. The second-order valence-corrected chi connectivity index (χ2v) is 11.8. The standard InChI is InChI=1S/C30H36F3N3O3/c1-38-27-18-39-10-8-21(27)11-20-12-24-17-36(25-5-3-2-4-6-25)19-29(24,14-20)28(37)35-9-7-26-22(16-35)13-23(15-34-26)30(31,32)33/h2-6,13,15,20-21,24,27H,7-12,14,16-19H2,1H3/t20-,21?,24+,27?,29+/m1/s1. The third-order valence-corrected chi connectivity index (χ3v) is 9.55. The van der Waals surface area contributed by atoms with Crippen LogP contribution in [0.2, 0.25) is 0 Å². The van der Waals surface area contributed by atoms with Crippen LogP contribution in [0.5, 0.6) is 0 Å². The minimum absolute atomic E-state index is 0.0839. The molecule has 1 aromatic heterocycles. The van der Waals surface area contributed by atoms with Gasteiger partial charge in [0.2, 0.25) is 5.91 Å². The number of fused-ring (bicyclic) bond motifs is 2. The predicted octanol–water partition coefficient (Wildman–Crippen LogP) is 4.96. The first-order valence-electron chi connectivity index (χ1n) is 14.0. The molecule has 1 aromatic carbocycles. The Kier molecular flexibility index (Phi) is 7.08. The average Bonchev–Trinajstić information content (AvgIpc) is 3.47. The molecule has 9 heteroatoms. The first-order chi connectivity index (χ1) is 18.8. The van der Waals surface area contributed by atoms with Crippen molar-refractivity contribution in [1.82, 2.24) is 9.88 Å². The Balaban J connectivity index is 1.25. The van der Waals surface area contributed by atoms with Crippen LogP contribution in [0.3, 0.4) is 0 Å². The number of hydrogen-bond donors (Lipinski definition) is 0. The lowest BCUT2D eigenvalue weighted by Crippen LogP contribution is -2.48. The number of amides is 1. The molecule has 1 aliphatic carbocycles. The van der Waals surface area contributed by atoms with Crippen molar-refractivity contribution in [1.29, 1.82) is 0 Å². The zero-order chi connectivity index (χ0) is 27.2. The van der Waals surface area contributed by atoms with E-state index in [1.807, 2.05) is 18.2 Å². The molecular formula is C30H36F3N3O3. The highest BCUT2D eigenvalue weighted by molar-refractivity contribution is 5.85. The number of halogens is 3. The van der Waals surface area contributed by atoms with Crippen LogP contribution in [0.25, 0.3) is 0 Å². The molecule has 210 valence electrons. The SMILES string of the molecule is COC1COCCC1C[C@@H]1C[C@H]2CN(c3ccccc3)C[C@@]2(C(=O)N2CCc3ncc(C(F)(F)F)cc3C2)C1. The fourth-order valence-corrected chi connectivity index (χ4v) is 7.64. The number of carbonyl (C=O) groups is 1. The van der Waals surface area contributed by atoms with Gasteiger partial charge >= 0.3 is 6.18 Å². The second-order valence-electron chi connectivity index (χ2n) is 11.8. The molecule has 39 heavy (non-hydrogen) atoms. The molecule has 6 nitrogen and oxygen atoms in total. The lowest BCUT2D eigenvalue weighted by atomic mass is 9.78. The molecule has 0 bridgehead atoms. The molecule has 1 saturated carbocycles. The number of anilines is 1. The molecule has 3 fully saturated rings. The quantitative estimate of drug-likeness (QED) is 0.534. The van der Waals surface area contributed by atoms with E-state index in [9.17, 15) is 18.0 Å². The Morgan fingerprint density at radius 1 is 1.26 bits per heavy atom. The lowest BCUT2D eigenvalue weighted by molar-refractivity contribution is -0.143. The molecule has 2 saturated heterocycles. The highest BCUT2D eigenvalue weighted by atomic mass is 19.4. The summed E-state index contributed by atoms with van der Waals surface area (Å²) in [5, 5.41) is 0. The van der Waals surface area contributed by atoms with Crippen molar-refractivity contribution >= 4 is 11.6 Å².